The Bertz CT molecular complexity index is 468. The fourth-order valence-corrected chi connectivity index (χ4v) is 2.12. The number of thioether (sulfide) groups is 1. The monoisotopic (exact) mass is 247 g/mol. The van der Waals surface area contributed by atoms with Crippen molar-refractivity contribution in [3.63, 3.8) is 0 Å². The minimum Gasteiger partial charge on any atom is -0.264 e. The van der Waals surface area contributed by atoms with Crippen LogP contribution in [-0.4, -0.2) is 4.98 Å². The summed E-state index contributed by atoms with van der Waals surface area (Å²) in [5.74, 6) is 0. The predicted molar refractivity (Wildman–Crippen MR) is 70.4 cm³/mol. The zero-order chi connectivity index (χ0) is 11.2. The number of nitrogens with zero attached hydrogens (tertiary/aromatic N) is 1. The van der Waals surface area contributed by atoms with Crippen LogP contribution in [0.2, 0.25) is 0 Å². The summed E-state index contributed by atoms with van der Waals surface area (Å²) in [7, 11) is 0. The van der Waals surface area contributed by atoms with Gasteiger partial charge >= 0.3 is 0 Å². The summed E-state index contributed by atoms with van der Waals surface area (Å²) in [6, 6.07) is 13.8. The molecule has 0 saturated heterocycles. The van der Waals surface area contributed by atoms with Crippen molar-refractivity contribution in [2.45, 2.75) is 4.90 Å². The Balaban J connectivity index is 2.09. The quantitative estimate of drug-likeness (QED) is 0.745. The molecule has 0 aliphatic carbocycles. The first kappa shape index (κ1) is 11.2. The van der Waals surface area contributed by atoms with E-state index in [0.717, 1.165) is 15.5 Å². The van der Waals surface area contributed by atoms with E-state index < -0.39 is 0 Å². The van der Waals surface area contributed by atoms with E-state index in [9.17, 15) is 0 Å². The Morgan fingerprint density at radius 3 is 2.62 bits per heavy atom. The highest BCUT2D eigenvalue weighted by Gasteiger charge is 1.96. The molecule has 0 N–H and O–H groups in total. The van der Waals surface area contributed by atoms with Crippen LogP contribution in [0.25, 0.3) is 5.03 Å². The van der Waals surface area contributed by atoms with Crippen molar-refractivity contribution in [2.75, 3.05) is 0 Å². The number of aromatic nitrogens is 1. The summed E-state index contributed by atoms with van der Waals surface area (Å²) in [5.41, 5.74) is 1.03. The molecule has 16 heavy (non-hydrogen) atoms. The van der Waals surface area contributed by atoms with E-state index in [2.05, 4.69) is 4.98 Å². The fraction of sp³-hybridized carbons (Fsp3) is 0. The molecule has 1 nitrogen and oxygen atoms in total. The van der Waals surface area contributed by atoms with Gasteiger partial charge in [-0.15, -0.1) is 0 Å². The van der Waals surface area contributed by atoms with Crippen molar-refractivity contribution >= 4 is 28.4 Å². The second kappa shape index (κ2) is 5.73. The third kappa shape index (κ3) is 3.12. The normalized spacial score (nSPS) is 11.4. The third-order valence-electron chi connectivity index (χ3n) is 1.98. The molecule has 0 unspecified atom stereocenters. The van der Waals surface area contributed by atoms with Crippen LogP contribution in [0.15, 0.2) is 65.2 Å². The van der Waals surface area contributed by atoms with Crippen LogP contribution in [0.3, 0.4) is 0 Å². The van der Waals surface area contributed by atoms with E-state index in [0.29, 0.717) is 0 Å². The minimum absolute atomic E-state index is 0.745. The number of benzene rings is 1. The standard InChI is InChI=1S/C13H10ClNS/c14-13(11-5-2-1-3-6-11)10-16-12-7-4-8-15-9-12/h1-10H/b13-10+. The molecule has 2 rings (SSSR count). The molecule has 0 saturated carbocycles. The Hall–Kier alpha value is -1.25. The number of hydrogen-bond acceptors (Lipinski definition) is 2. The first-order valence-corrected chi connectivity index (χ1v) is 6.10. The van der Waals surface area contributed by atoms with Gasteiger partial charge in [0, 0.05) is 17.3 Å². The van der Waals surface area contributed by atoms with Gasteiger partial charge in [0.2, 0.25) is 0 Å². The van der Waals surface area contributed by atoms with Crippen LogP contribution in [0.4, 0.5) is 0 Å². The largest absolute Gasteiger partial charge is 0.264 e. The minimum atomic E-state index is 0.745. The number of rotatable bonds is 3. The molecule has 2 aromatic rings. The lowest BCUT2D eigenvalue weighted by molar-refractivity contribution is 1.24. The third-order valence-corrected chi connectivity index (χ3v) is 3.31. The maximum atomic E-state index is 6.18. The van der Waals surface area contributed by atoms with Crippen LogP contribution in [-0.2, 0) is 0 Å². The van der Waals surface area contributed by atoms with E-state index in [4.69, 9.17) is 11.6 Å². The number of pyridine rings is 1. The summed E-state index contributed by atoms with van der Waals surface area (Å²) in [4.78, 5) is 5.12. The van der Waals surface area contributed by atoms with Crippen molar-refractivity contribution in [1.82, 2.24) is 4.98 Å². The molecule has 0 spiro atoms. The lowest BCUT2D eigenvalue weighted by Gasteiger charge is -1.98. The van der Waals surface area contributed by atoms with Crippen LogP contribution in [0.1, 0.15) is 5.56 Å². The molecule has 0 atom stereocenters. The van der Waals surface area contributed by atoms with Gasteiger partial charge in [-0.25, -0.2) is 0 Å². The molecule has 0 aliphatic rings. The van der Waals surface area contributed by atoms with Gasteiger partial charge < -0.3 is 0 Å². The highest BCUT2D eigenvalue weighted by Crippen LogP contribution is 2.26. The first-order valence-electron chi connectivity index (χ1n) is 4.84. The fourth-order valence-electron chi connectivity index (χ4n) is 1.20. The van der Waals surface area contributed by atoms with Gasteiger partial charge in [-0.3, -0.25) is 4.98 Å². The van der Waals surface area contributed by atoms with Crippen molar-refractivity contribution < 1.29 is 0 Å². The lowest BCUT2D eigenvalue weighted by atomic mass is 10.2. The van der Waals surface area contributed by atoms with E-state index >= 15 is 0 Å². The SMILES string of the molecule is Cl/C(=C/Sc1cccnc1)c1ccccc1. The molecule has 0 fully saturated rings. The van der Waals surface area contributed by atoms with Crippen molar-refractivity contribution in [1.29, 1.82) is 0 Å². The summed E-state index contributed by atoms with van der Waals surface area (Å²) in [6.45, 7) is 0. The zero-order valence-electron chi connectivity index (χ0n) is 8.51. The van der Waals surface area contributed by atoms with Gasteiger partial charge in [-0.05, 0) is 23.1 Å². The van der Waals surface area contributed by atoms with Crippen LogP contribution < -0.4 is 0 Å². The maximum absolute atomic E-state index is 6.18. The number of hydrogen-bond donors (Lipinski definition) is 0. The van der Waals surface area contributed by atoms with Gasteiger partial charge in [-0.2, -0.15) is 0 Å². The summed E-state index contributed by atoms with van der Waals surface area (Å²) in [6.07, 6.45) is 3.57. The molecule has 0 amide bonds. The lowest BCUT2D eigenvalue weighted by Crippen LogP contribution is -1.75. The van der Waals surface area contributed by atoms with Gasteiger partial charge in [0.25, 0.3) is 0 Å². The van der Waals surface area contributed by atoms with Crippen LogP contribution in [0.5, 0.6) is 0 Å². The van der Waals surface area contributed by atoms with Gasteiger partial charge in [0.1, 0.15) is 0 Å². The molecular weight excluding hydrogens is 238 g/mol. The summed E-state index contributed by atoms with van der Waals surface area (Å²) < 4.78 is 0. The molecule has 0 radical (unpaired) electrons. The predicted octanol–water partition coefficient (Wildman–Crippen LogP) is 4.41. The molecule has 80 valence electrons. The molecule has 0 bridgehead atoms. The smallest absolute Gasteiger partial charge is 0.0544 e. The van der Waals surface area contributed by atoms with Gasteiger partial charge in [-0.1, -0.05) is 53.7 Å². The molecule has 1 aromatic heterocycles. The Morgan fingerprint density at radius 1 is 1.12 bits per heavy atom. The zero-order valence-corrected chi connectivity index (χ0v) is 10.1. The summed E-state index contributed by atoms with van der Waals surface area (Å²) >= 11 is 7.74. The van der Waals surface area contributed by atoms with E-state index in [1.54, 1.807) is 18.0 Å². The van der Waals surface area contributed by atoms with E-state index in [-0.39, 0.29) is 0 Å². The molecular formula is C13H10ClNS. The van der Waals surface area contributed by atoms with Crippen LogP contribution in [0, 0.1) is 0 Å². The first-order chi connectivity index (χ1) is 7.86. The van der Waals surface area contributed by atoms with Crippen molar-refractivity contribution in [3.8, 4) is 0 Å². The highest BCUT2D eigenvalue weighted by molar-refractivity contribution is 8.02. The van der Waals surface area contributed by atoms with Crippen molar-refractivity contribution in [2.24, 2.45) is 0 Å². The topological polar surface area (TPSA) is 12.9 Å². The number of halogens is 1. The molecule has 0 aliphatic heterocycles. The molecule has 1 aromatic carbocycles. The maximum Gasteiger partial charge on any atom is 0.0544 e. The second-order valence-electron chi connectivity index (χ2n) is 3.14. The average molecular weight is 248 g/mol. The second-order valence-corrected chi connectivity index (χ2v) is 4.49. The Labute approximate surface area is 104 Å². The Morgan fingerprint density at radius 2 is 1.94 bits per heavy atom. The molecule has 3 heteroatoms. The molecule has 1 heterocycles. The van der Waals surface area contributed by atoms with Crippen LogP contribution >= 0.6 is 23.4 Å². The van der Waals surface area contributed by atoms with Crippen molar-refractivity contribution in [3.05, 3.63) is 65.8 Å². The highest BCUT2D eigenvalue weighted by atomic mass is 35.5. The van der Waals surface area contributed by atoms with Gasteiger partial charge in [0.15, 0.2) is 0 Å². The Kier molecular flexibility index (Phi) is 4.03. The van der Waals surface area contributed by atoms with E-state index in [1.807, 2.05) is 54.1 Å². The average Bonchev–Trinajstić information content (AvgIpc) is 2.38. The van der Waals surface area contributed by atoms with E-state index in [1.165, 1.54) is 0 Å². The summed E-state index contributed by atoms with van der Waals surface area (Å²) in [5, 5.41) is 2.67. The van der Waals surface area contributed by atoms with Gasteiger partial charge in [0.05, 0.1) is 5.03 Å².